The molecular formula is C29H43ClN4O3. The summed E-state index contributed by atoms with van der Waals surface area (Å²) in [6.07, 6.45) is 0.333. The highest BCUT2D eigenvalue weighted by molar-refractivity contribution is 6.31. The van der Waals surface area contributed by atoms with E-state index in [0.717, 1.165) is 62.9 Å². The van der Waals surface area contributed by atoms with Crippen LogP contribution in [0.3, 0.4) is 0 Å². The number of rotatable bonds is 11. The fraction of sp³-hybridized carbons (Fsp3) is 0.552. The molecule has 1 N–H and O–H groups in total. The lowest BCUT2D eigenvalue weighted by molar-refractivity contribution is 0.0527. The molecule has 1 heterocycles. The number of methoxy groups -OCH3 is 1. The molecule has 2 aromatic carbocycles. The fourth-order valence-corrected chi connectivity index (χ4v) is 4.62. The second-order valence-electron chi connectivity index (χ2n) is 10.6. The molecule has 0 saturated carbocycles. The number of ether oxygens (including phenoxy) is 2. The first-order chi connectivity index (χ1) is 17.6. The molecule has 2 aromatic rings. The van der Waals surface area contributed by atoms with Crippen LogP contribution in [0.5, 0.6) is 0 Å². The molecule has 0 radical (unpaired) electrons. The summed E-state index contributed by atoms with van der Waals surface area (Å²) in [7, 11) is 1.72. The molecule has 3 rings (SSSR count). The van der Waals surface area contributed by atoms with E-state index in [9.17, 15) is 4.79 Å². The van der Waals surface area contributed by atoms with Crippen molar-refractivity contribution in [2.45, 2.75) is 59.0 Å². The third-order valence-corrected chi connectivity index (χ3v) is 6.88. The van der Waals surface area contributed by atoms with E-state index in [-0.39, 0.29) is 12.3 Å². The zero-order chi connectivity index (χ0) is 26.8. The lowest BCUT2D eigenvalue weighted by atomic mass is 10.1. The highest BCUT2D eigenvalue weighted by Gasteiger charge is 2.19. The van der Waals surface area contributed by atoms with Gasteiger partial charge >= 0.3 is 6.09 Å². The number of alkyl carbamates (subject to hydrolysis) is 1. The van der Waals surface area contributed by atoms with E-state index in [4.69, 9.17) is 21.1 Å². The Bertz CT molecular complexity index is 972. The van der Waals surface area contributed by atoms with Gasteiger partial charge in [0.25, 0.3) is 0 Å². The van der Waals surface area contributed by atoms with Gasteiger partial charge in [-0.1, -0.05) is 41.9 Å². The predicted octanol–water partition coefficient (Wildman–Crippen LogP) is 5.37. The van der Waals surface area contributed by atoms with E-state index >= 15 is 0 Å². The molecule has 0 aliphatic carbocycles. The summed E-state index contributed by atoms with van der Waals surface area (Å²) in [4.78, 5) is 19.1. The van der Waals surface area contributed by atoms with Gasteiger partial charge in [-0.2, -0.15) is 0 Å². The van der Waals surface area contributed by atoms with Gasteiger partial charge in [-0.05, 0) is 63.4 Å². The summed E-state index contributed by atoms with van der Waals surface area (Å²) in [5, 5.41) is 3.68. The van der Waals surface area contributed by atoms with Gasteiger partial charge in [0.15, 0.2) is 0 Å². The number of amides is 1. The Morgan fingerprint density at radius 1 is 1.03 bits per heavy atom. The van der Waals surface area contributed by atoms with Crippen LogP contribution < -0.4 is 10.2 Å². The van der Waals surface area contributed by atoms with Crippen LogP contribution >= 0.6 is 11.6 Å². The van der Waals surface area contributed by atoms with E-state index in [1.807, 2.05) is 39.8 Å². The maximum absolute atomic E-state index is 11.9. The average molecular weight is 531 g/mol. The van der Waals surface area contributed by atoms with Crippen LogP contribution in [0.1, 0.15) is 45.2 Å². The van der Waals surface area contributed by atoms with Crippen LogP contribution in [0.2, 0.25) is 5.02 Å². The normalized spacial score (nSPS) is 15.8. The van der Waals surface area contributed by atoms with Gasteiger partial charge in [0.2, 0.25) is 0 Å². The van der Waals surface area contributed by atoms with Crippen molar-refractivity contribution in [2.24, 2.45) is 0 Å². The number of carbonyl (C=O) groups excluding carboxylic acids is 1. The van der Waals surface area contributed by atoms with Crippen LogP contribution in [-0.2, 0) is 22.6 Å². The summed E-state index contributed by atoms with van der Waals surface area (Å²) in [6, 6.07) is 16.9. The molecule has 1 aliphatic rings. The number of anilines is 1. The highest BCUT2D eigenvalue weighted by atomic mass is 35.5. The molecule has 1 atom stereocenters. The zero-order valence-corrected chi connectivity index (χ0v) is 23.8. The van der Waals surface area contributed by atoms with Gasteiger partial charge in [-0.25, -0.2) is 4.79 Å². The average Bonchev–Trinajstić information content (AvgIpc) is 2.86. The first-order valence-electron chi connectivity index (χ1n) is 13.2. The van der Waals surface area contributed by atoms with E-state index in [2.05, 4.69) is 56.4 Å². The second-order valence-corrected chi connectivity index (χ2v) is 11.0. The van der Waals surface area contributed by atoms with Crippen LogP contribution in [0, 0.1) is 0 Å². The van der Waals surface area contributed by atoms with Crippen molar-refractivity contribution in [1.82, 2.24) is 15.1 Å². The van der Waals surface area contributed by atoms with Gasteiger partial charge in [0.1, 0.15) is 11.8 Å². The monoisotopic (exact) mass is 530 g/mol. The molecule has 0 bridgehead atoms. The Morgan fingerprint density at radius 2 is 1.65 bits per heavy atom. The first-order valence-corrected chi connectivity index (χ1v) is 13.6. The largest absolute Gasteiger partial charge is 0.444 e. The van der Waals surface area contributed by atoms with Crippen LogP contribution in [-0.4, -0.2) is 74.1 Å². The smallest absolute Gasteiger partial charge is 0.407 e. The summed E-state index contributed by atoms with van der Waals surface area (Å²) < 4.78 is 10.9. The lowest BCUT2D eigenvalue weighted by Crippen LogP contribution is -2.45. The van der Waals surface area contributed by atoms with Gasteiger partial charge in [-0.15, -0.1) is 0 Å². The van der Waals surface area contributed by atoms with Crippen molar-refractivity contribution in [3.8, 4) is 0 Å². The third-order valence-electron chi connectivity index (χ3n) is 6.51. The minimum absolute atomic E-state index is 0.0708. The number of halogens is 1. The molecular weight excluding hydrogens is 488 g/mol. The zero-order valence-electron chi connectivity index (χ0n) is 23.0. The summed E-state index contributed by atoms with van der Waals surface area (Å²) in [6.45, 7) is 15.0. The highest BCUT2D eigenvalue weighted by Crippen LogP contribution is 2.21. The molecule has 1 amide bonds. The number of hydrogen-bond donors (Lipinski definition) is 1. The summed E-state index contributed by atoms with van der Waals surface area (Å²) >= 11 is 6.34. The van der Waals surface area contributed by atoms with Gasteiger partial charge in [0.05, 0.1) is 0 Å². The van der Waals surface area contributed by atoms with Crippen LogP contribution in [0.15, 0.2) is 48.5 Å². The second kappa shape index (κ2) is 14.0. The Balaban J connectivity index is 1.46. The van der Waals surface area contributed by atoms with Gasteiger partial charge in [0, 0.05) is 70.2 Å². The van der Waals surface area contributed by atoms with Crippen molar-refractivity contribution >= 4 is 23.4 Å². The van der Waals surface area contributed by atoms with Crippen molar-refractivity contribution < 1.29 is 14.3 Å². The molecule has 1 aliphatic heterocycles. The molecule has 7 nitrogen and oxygen atoms in total. The standard InChI is InChI=1S/C29H43ClN4O3/c1-23(36-5)34(16-8-15-31-28(35)37-29(2,3)4)26-13-11-24(12-14-26)21-32-17-19-33(20-18-32)22-25-9-6-7-10-27(25)30/h6-7,9-14,23H,8,15-22H2,1-5H3,(H,31,35). The molecule has 204 valence electrons. The van der Waals surface area contributed by atoms with E-state index in [0.29, 0.717) is 6.54 Å². The van der Waals surface area contributed by atoms with Crippen molar-refractivity contribution in [3.05, 3.63) is 64.7 Å². The SMILES string of the molecule is COC(C)N(CCCNC(=O)OC(C)(C)C)c1ccc(CN2CCN(Cc3ccccc3Cl)CC2)cc1. The van der Waals surface area contributed by atoms with Crippen LogP contribution in [0.4, 0.5) is 10.5 Å². The van der Waals surface area contributed by atoms with Crippen molar-refractivity contribution in [3.63, 3.8) is 0 Å². The predicted molar refractivity (Wildman–Crippen MR) is 151 cm³/mol. The molecule has 0 spiro atoms. The molecule has 37 heavy (non-hydrogen) atoms. The number of hydrogen-bond acceptors (Lipinski definition) is 6. The maximum atomic E-state index is 11.9. The summed E-state index contributed by atoms with van der Waals surface area (Å²) in [5.74, 6) is 0. The topological polar surface area (TPSA) is 57.3 Å². The lowest BCUT2D eigenvalue weighted by Gasteiger charge is -2.35. The Kier molecular flexibility index (Phi) is 11.1. The number of carbonyl (C=O) groups is 1. The van der Waals surface area contributed by atoms with Gasteiger partial charge < -0.3 is 19.7 Å². The van der Waals surface area contributed by atoms with E-state index in [1.54, 1.807) is 7.11 Å². The first kappa shape index (κ1) is 29.2. The van der Waals surface area contributed by atoms with Crippen molar-refractivity contribution in [1.29, 1.82) is 0 Å². The quantitative estimate of drug-likeness (QED) is 0.311. The Labute approximate surface area is 227 Å². The molecule has 1 saturated heterocycles. The minimum atomic E-state index is -0.494. The maximum Gasteiger partial charge on any atom is 0.407 e. The molecule has 0 aromatic heterocycles. The van der Waals surface area contributed by atoms with E-state index < -0.39 is 5.60 Å². The van der Waals surface area contributed by atoms with E-state index in [1.165, 1.54) is 11.1 Å². The number of nitrogens with zero attached hydrogens (tertiary/aromatic N) is 3. The summed E-state index contributed by atoms with van der Waals surface area (Å²) in [5.41, 5.74) is 3.12. The number of piperazine rings is 1. The number of benzene rings is 2. The number of nitrogens with one attached hydrogen (secondary N) is 1. The molecule has 8 heteroatoms. The molecule has 1 fully saturated rings. The van der Waals surface area contributed by atoms with Crippen LogP contribution in [0.25, 0.3) is 0 Å². The minimum Gasteiger partial charge on any atom is -0.444 e. The Morgan fingerprint density at radius 3 is 2.24 bits per heavy atom. The fourth-order valence-electron chi connectivity index (χ4n) is 4.43. The van der Waals surface area contributed by atoms with Crippen molar-refractivity contribution in [2.75, 3.05) is 51.3 Å². The van der Waals surface area contributed by atoms with Gasteiger partial charge in [-0.3, -0.25) is 9.80 Å². The third kappa shape index (κ3) is 9.82. The Hall–Kier alpha value is -2.32. The molecule has 1 unspecified atom stereocenters.